The normalized spacial score (nSPS) is 38.9. The summed E-state index contributed by atoms with van der Waals surface area (Å²) in [6, 6.07) is 8.70. The summed E-state index contributed by atoms with van der Waals surface area (Å²) in [5.41, 5.74) is -1.87. The molecule has 5 saturated heterocycles. The van der Waals surface area contributed by atoms with Gasteiger partial charge in [-0.15, -0.1) is 0 Å². The molecule has 0 unspecified atom stereocenters. The lowest BCUT2D eigenvalue weighted by Crippen LogP contribution is -2.68. The molecule has 5 aliphatic rings. The lowest BCUT2D eigenvalue weighted by atomic mass is 9.83. The first kappa shape index (κ1) is 24.1. The monoisotopic (exact) mass is 523 g/mol. The molecular formula is C23H29N3O9S. The highest BCUT2D eigenvalue weighted by Crippen LogP contribution is 2.60. The van der Waals surface area contributed by atoms with Crippen LogP contribution in [-0.4, -0.2) is 85.8 Å². The van der Waals surface area contributed by atoms with Crippen LogP contribution in [0.25, 0.3) is 0 Å². The third kappa shape index (κ3) is 3.56. The van der Waals surface area contributed by atoms with E-state index in [4.69, 9.17) is 23.1 Å². The molecule has 2 N–H and O–H groups in total. The standard InChI is InChI=1S/C23H29N3O9S/c1-21(2)33-17-19(34-21)32-16-11-26-18(27)15(25-22(26)13-36(29,30)35-23(16,17)22)9-6-10-24-20(28)31-12-14-7-4-3-5-8-14/h3-5,7-8,15-17,19,25H,6,9-13H2,1-2H3,(H,24,28)/t15-,16+,17-,19+,22-,23+/m0/s1. The molecule has 5 aliphatic heterocycles. The van der Waals surface area contributed by atoms with Gasteiger partial charge in [0.1, 0.15) is 30.2 Å². The van der Waals surface area contributed by atoms with Crippen LogP contribution in [0.2, 0.25) is 0 Å². The van der Waals surface area contributed by atoms with Gasteiger partial charge < -0.3 is 29.2 Å². The van der Waals surface area contributed by atoms with Gasteiger partial charge in [-0.3, -0.25) is 14.3 Å². The topological polar surface area (TPSA) is 142 Å². The number of amides is 2. The zero-order chi connectivity index (χ0) is 25.3. The summed E-state index contributed by atoms with van der Waals surface area (Å²) in [7, 11) is -3.97. The minimum absolute atomic E-state index is 0.164. The van der Waals surface area contributed by atoms with Crippen molar-refractivity contribution in [3.05, 3.63) is 35.9 Å². The van der Waals surface area contributed by atoms with E-state index in [-0.39, 0.29) is 19.1 Å². The third-order valence-corrected chi connectivity index (χ3v) is 8.79. The number of benzene rings is 1. The lowest BCUT2D eigenvalue weighted by Gasteiger charge is -2.39. The number of nitrogens with one attached hydrogen (secondary N) is 2. The van der Waals surface area contributed by atoms with Gasteiger partial charge in [-0.2, -0.15) is 8.42 Å². The predicted octanol–water partition coefficient (Wildman–Crippen LogP) is 0.179. The Balaban J connectivity index is 1.10. The second-order valence-corrected chi connectivity index (χ2v) is 11.8. The highest BCUT2D eigenvalue weighted by molar-refractivity contribution is 7.87. The molecule has 0 radical (unpaired) electrons. The van der Waals surface area contributed by atoms with Crippen LogP contribution >= 0.6 is 0 Å². The van der Waals surface area contributed by atoms with Crippen LogP contribution in [0.1, 0.15) is 32.3 Å². The summed E-state index contributed by atoms with van der Waals surface area (Å²) in [6.45, 7) is 4.07. The van der Waals surface area contributed by atoms with Gasteiger partial charge in [-0.05, 0) is 32.3 Å². The van der Waals surface area contributed by atoms with Crippen LogP contribution in [0.15, 0.2) is 30.3 Å². The van der Waals surface area contributed by atoms with Crippen molar-refractivity contribution in [1.82, 2.24) is 15.5 Å². The van der Waals surface area contributed by atoms with E-state index in [9.17, 15) is 18.0 Å². The van der Waals surface area contributed by atoms with E-state index in [1.165, 1.54) is 4.90 Å². The van der Waals surface area contributed by atoms with E-state index in [2.05, 4.69) is 10.6 Å². The molecule has 2 spiro atoms. The number of hydrogen-bond donors (Lipinski definition) is 2. The fourth-order valence-electron chi connectivity index (χ4n) is 6.15. The summed E-state index contributed by atoms with van der Waals surface area (Å²) in [5, 5.41) is 5.97. The zero-order valence-electron chi connectivity index (χ0n) is 20.0. The Morgan fingerprint density at radius 2 is 2.03 bits per heavy atom. The average molecular weight is 524 g/mol. The molecule has 1 aromatic carbocycles. The Kier molecular flexibility index (Phi) is 5.42. The highest BCUT2D eigenvalue weighted by atomic mass is 32.2. The number of alkyl carbamates (subject to hydrolysis) is 1. The molecule has 196 valence electrons. The van der Waals surface area contributed by atoms with Crippen molar-refractivity contribution >= 4 is 22.1 Å². The van der Waals surface area contributed by atoms with Crippen LogP contribution < -0.4 is 10.6 Å². The Bertz CT molecular complexity index is 1180. The summed E-state index contributed by atoms with van der Waals surface area (Å²) < 4.78 is 54.4. The van der Waals surface area contributed by atoms with Gasteiger partial charge in [0, 0.05) is 6.54 Å². The van der Waals surface area contributed by atoms with E-state index >= 15 is 0 Å². The number of nitrogens with zero attached hydrogens (tertiary/aromatic N) is 1. The van der Waals surface area contributed by atoms with Crippen molar-refractivity contribution in [2.45, 2.75) is 74.9 Å². The summed E-state index contributed by atoms with van der Waals surface area (Å²) >= 11 is 0. The summed E-state index contributed by atoms with van der Waals surface area (Å²) in [5.74, 6) is -1.61. The van der Waals surface area contributed by atoms with Crippen LogP contribution in [0, 0.1) is 0 Å². The number of ether oxygens (including phenoxy) is 4. The first-order chi connectivity index (χ1) is 17.1. The van der Waals surface area contributed by atoms with Crippen LogP contribution in [0.5, 0.6) is 0 Å². The smallest absolute Gasteiger partial charge is 0.407 e. The molecular weight excluding hydrogens is 494 g/mol. The molecule has 5 heterocycles. The van der Waals surface area contributed by atoms with Crippen molar-refractivity contribution in [3.8, 4) is 0 Å². The first-order valence-electron chi connectivity index (χ1n) is 12.0. The molecule has 0 aromatic heterocycles. The van der Waals surface area contributed by atoms with Crippen molar-refractivity contribution in [2.24, 2.45) is 0 Å². The van der Waals surface area contributed by atoms with E-state index in [0.717, 1.165) is 5.56 Å². The minimum atomic E-state index is -3.97. The van der Waals surface area contributed by atoms with E-state index < -0.39 is 63.6 Å². The number of carbonyl (C=O) groups is 2. The van der Waals surface area contributed by atoms with Crippen LogP contribution in [-0.2, 0) is 44.7 Å². The van der Waals surface area contributed by atoms with E-state index in [1.54, 1.807) is 13.8 Å². The maximum atomic E-state index is 13.3. The van der Waals surface area contributed by atoms with E-state index in [1.807, 2.05) is 30.3 Å². The van der Waals surface area contributed by atoms with Crippen molar-refractivity contribution < 1.29 is 41.1 Å². The Hall–Kier alpha value is -2.29. The largest absolute Gasteiger partial charge is 0.445 e. The van der Waals surface area contributed by atoms with Crippen LogP contribution in [0.3, 0.4) is 0 Å². The van der Waals surface area contributed by atoms with Crippen molar-refractivity contribution in [2.75, 3.05) is 18.8 Å². The molecule has 0 bridgehead atoms. The van der Waals surface area contributed by atoms with Gasteiger partial charge in [0.15, 0.2) is 17.7 Å². The van der Waals surface area contributed by atoms with Crippen molar-refractivity contribution in [1.29, 1.82) is 0 Å². The third-order valence-electron chi connectivity index (χ3n) is 7.49. The van der Waals surface area contributed by atoms with Crippen LogP contribution in [0.4, 0.5) is 4.79 Å². The second kappa shape index (κ2) is 8.10. The van der Waals surface area contributed by atoms with Gasteiger partial charge in [0.2, 0.25) is 5.91 Å². The maximum absolute atomic E-state index is 13.3. The molecule has 0 saturated carbocycles. The molecule has 36 heavy (non-hydrogen) atoms. The van der Waals surface area contributed by atoms with Gasteiger partial charge in [-0.1, -0.05) is 30.3 Å². The molecule has 12 nitrogen and oxygen atoms in total. The fourth-order valence-corrected chi connectivity index (χ4v) is 7.95. The highest BCUT2D eigenvalue weighted by Gasteiger charge is 2.85. The van der Waals surface area contributed by atoms with Gasteiger partial charge in [0.25, 0.3) is 10.1 Å². The predicted molar refractivity (Wildman–Crippen MR) is 122 cm³/mol. The molecule has 2 amide bonds. The Labute approximate surface area is 208 Å². The Morgan fingerprint density at radius 1 is 1.25 bits per heavy atom. The SMILES string of the molecule is CC1(C)O[C@H]2O[C@@H]3CN4C(=O)[C@H](CCCNC(=O)OCc5ccccc5)N[C@@]45CS(=O)(=O)O[C@@]35[C@H]2O1. The number of rotatable bonds is 6. The average Bonchev–Trinajstić information content (AvgIpc) is 3.49. The van der Waals surface area contributed by atoms with Gasteiger partial charge in [-0.25, -0.2) is 4.79 Å². The summed E-state index contributed by atoms with van der Waals surface area (Å²) in [4.78, 5) is 26.9. The van der Waals surface area contributed by atoms with E-state index in [0.29, 0.717) is 19.4 Å². The number of fused-ring (bicyclic) bond motifs is 1. The number of carbonyl (C=O) groups excluding carboxylic acids is 2. The van der Waals surface area contributed by atoms with Crippen molar-refractivity contribution in [3.63, 3.8) is 0 Å². The molecule has 6 atom stereocenters. The maximum Gasteiger partial charge on any atom is 0.407 e. The minimum Gasteiger partial charge on any atom is -0.445 e. The molecule has 5 fully saturated rings. The van der Waals surface area contributed by atoms with Gasteiger partial charge >= 0.3 is 6.09 Å². The molecule has 13 heteroatoms. The lowest BCUT2D eigenvalue weighted by molar-refractivity contribution is -0.222. The van der Waals surface area contributed by atoms with Gasteiger partial charge in [0.05, 0.1) is 12.6 Å². The zero-order valence-corrected chi connectivity index (χ0v) is 20.8. The summed E-state index contributed by atoms with van der Waals surface area (Å²) in [6.07, 6.45) is -2.00. The first-order valence-corrected chi connectivity index (χ1v) is 13.6. The second-order valence-electron chi connectivity index (χ2n) is 10.3. The Morgan fingerprint density at radius 3 is 2.81 bits per heavy atom. The number of hydrogen-bond acceptors (Lipinski definition) is 10. The molecule has 6 rings (SSSR count). The quantitative estimate of drug-likeness (QED) is 0.392. The molecule has 1 aromatic rings. The fraction of sp³-hybridized carbons (Fsp3) is 0.652. The molecule has 0 aliphatic carbocycles.